The summed E-state index contributed by atoms with van der Waals surface area (Å²) >= 11 is 0. The number of nitrogens with one attached hydrogen (secondary N) is 1. The molecule has 0 bridgehead atoms. The first-order chi connectivity index (χ1) is 6.77. The predicted octanol–water partition coefficient (Wildman–Crippen LogP) is 0.124. The van der Waals surface area contributed by atoms with Crippen molar-refractivity contribution >= 4 is 5.91 Å². The Morgan fingerprint density at radius 3 is 2.71 bits per heavy atom. The summed E-state index contributed by atoms with van der Waals surface area (Å²) in [5.74, 6) is 0.650. The molecule has 0 aromatic heterocycles. The maximum atomic E-state index is 11.4. The van der Waals surface area contributed by atoms with E-state index in [1.54, 1.807) is 7.05 Å². The van der Waals surface area contributed by atoms with Crippen LogP contribution >= 0.6 is 0 Å². The van der Waals surface area contributed by atoms with Gasteiger partial charge in [-0.05, 0) is 25.2 Å². The Morgan fingerprint density at radius 2 is 2.21 bits per heavy atom. The molecule has 1 fully saturated rings. The van der Waals surface area contributed by atoms with Crippen molar-refractivity contribution in [2.45, 2.75) is 19.3 Å². The summed E-state index contributed by atoms with van der Waals surface area (Å²) in [6.45, 7) is 2.10. The van der Waals surface area contributed by atoms with Crippen molar-refractivity contribution in [2.75, 3.05) is 26.8 Å². The van der Waals surface area contributed by atoms with Gasteiger partial charge in [0.2, 0.25) is 5.91 Å². The molecular formula is C10H20N2O2. The molecule has 14 heavy (non-hydrogen) atoms. The highest BCUT2D eigenvalue weighted by Gasteiger charge is 2.22. The van der Waals surface area contributed by atoms with Crippen LogP contribution in [0.5, 0.6) is 0 Å². The van der Waals surface area contributed by atoms with E-state index in [1.165, 1.54) is 0 Å². The van der Waals surface area contributed by atoms with Gasteiger partial charge in [-0.3, -0.25) is 4.79 Å². The fraction of sp³-hybridized carbons (Fsp3) is 0.900. The predicted molar refractivity (Wildman–Crippen MR) is 54.8 cm³/mol. The van der Waals surface area contributed by atoms with Crippen LogP contribution in [0.15, 0.2) is 0 Å². The second-order valence-electron chi connectivity index (χ2n) is 3.84. The minimum Gasteiger partial charge on any atom is -0.381 e. The molecule has 1 rings (SSSR count). The van der Waals surface area contributed by atoms with Gasteiger partial charge in [-0.25, -0.2) is 0 Å². The van der Waals surface area contributed by atoms with Crippen LogP contribution < -0.4 is 11.1 Å². The van der Waals surface area contributed by atoms with Crippen molar-refractivity contribution in [1.82, 2.24) is 5.32 Å². The van der Waals surface area contributed by atoms with Gasteiger partial charge in [-0.1, -0.05) is 0 Å². The quantitative estimate of drug-likeness (QED) is 0.677. The first kappa shape index (κ1) is 11.5. The van der Waals surface area contributed by atoms with E-state index in [-0.39, 0.29) is 11.8 Å². The first-order valence-corrected chi connectivity index (χ1v) is 5.27. The molecule has 1 aliphatic rings. The molecule has 1 unspecified atom stereocenters. The standard InChI is InChI=1S/C10H20N2O2/c1-12-10(13)9(7-11)6-8-2-4-14-5-3-8/h8-9H,2-7,11H2,1H3,(H,12,13). The van der Waals surface area contributed by atoms with Gasteiger partial charge in [0.05, 0.1) is 5.92 Å². The van der Waals surface area contributed by atoms with Crippen molar-refractivity contribution in [3.8, 4) is 0 Å². The average Bonchev–Trinajstić information content (AvgIpc) is 2.26. The highest BCUT2D eigenvalue weighted by atomic mass is 16.5. The van der Waals surface area contributed by atoms with E-state index in [2.05, 4.69) is 5.32 Å². The fourth-order valence-electron chi connectivity index (χ4n) is 1.90. The molecule has 0 aliphatic carbocycles. The van der Waals surface area contributed by atoms with Crippen LogP contribution in [-0.4, -0.2) is 32.7 Å². The molecule has 1 atom stereocenters. The number of hydrogen-bond donors (Lipinski definition) is 2. The SMILES string of the molecule is CNC(=O)C(CN)CC1CCOCC1. The van der Waals surface area contributed by atoms with E-state index in [0.717, 1.165) is 32.5 Å². The molecule has 0 spiro atoms. The van der Waals surface area contributed by atoms with Crippen LogP contribution in [0.2, 0.25) is 0 Å². The average molecular weight is 200 g/mol. The number of rotatable bonds is 4. The Balaban J connectivity index is 2.34. The third-order valence-electron chi connectivity index (χ3n) is 2.86. The molecule has 1 heterocycles. The van der Waals surface area contributed by atoms with E-state index in [4.69, 9.17) is 10.5 Å². The summed E-state index contributed by atoms with van der Waals surface area (Å²) in [5.41, 5.74) is 5.57. The second kappa shape index (κ2) is 5.98. The zero-order valence-electron chi connectivity index (χ0n) is 8.79. The number of hydrogen-bond acceptors (Lipinski definition) is 3. The van der Waals surface area contributed by atoms with E-state index >= 15 is 0 Å². The van der Waals surface area contributed by atoms with Gasteiger partial charge in [0.15, 0.2) is 0 Å². The molecule has 4 heteroatoms. The zero-order chi connectivity index (χ0) is 10.4. The molecule has 4 nitrogen and oxygen atoms in total. The van der Waals surface area contributed by atoms with Crippen LogP contribution in [0.4, 0.5) is 0 Å². The largest absolute Gasteiger partial charge is 0.381 e. The lowest BCUT2D eigenvalue weighted by Gasteiger charge is -2.25. The summed E-state index contributed by atoms with van der Waals surface area (Å²) in [6.07, 6.45) is 3.03. The smallest absolute Gasteiger partial charge is 0.224 e. The lowest BCUT2D eigenvalue weighted by Crippen LogP contribution is -2.35. The van der Waals surface area contributed by atoms with Crippen LogP contribution in [0.3, 0.4) is 0 Å². The van der Waals surface area contributed by atoms with Gasteiger partial charge in [-0.15, -0.1) is 0 Å². The molecule has 1 saturated heterocycles. The van der Waals surface area contributed by atoms with Crippen LogP contribution in [0.25, 0.3) is 0 Å². The summed E-state index contributed by atoms with van der Waals surface area (Å²) in [6, 6.07) is 0. The Hall–Kier alpha value is -0.610. The molecular weight excluding hydrogens is 180 g/mol. The Morgan fingerprint density at radius 1 is 1.57 bits per heavy atom. The zero-order valence-corrected chi connectivity index (χ0v) is 8.79. The van der Waals surface area contributed by atoms with E-state index in [1.807, 2.05) is 0 Å². The minimum atomic E-state index is -0.0249. The second-order valence-corrected chi connectivity index (χ2v) is 3.84. The van der Waals surface area contributed by atoms with Gasteiger partial charge >= 0.3 is 0 Å². The lowest BCUT2D eigenvalue weighted by atomic mass is 9.88. The Kier molecular flexibility index (Phi) is 4.90. The topological polar surface area (TPSA) is 64.4 Å². The van der Waals surface area contributed by atoms with Crippen LogP contribution in [0.1, 0.15) is 19.3 Å². The first-order valence-electron chi connectivity index (χ1n) is 5.27. The van der Waals surface area contributed by atoms with Gasteiger partial charge < -0.3 is 15.8 Å². The van der Waals surface area contributed by atoms with E-state index in [0.29, 0.717) is 12.5 Å². The summed E-state index contributed by atoms with van der Waals surface area (Å²) < 4.78 is 5.27. The highest BCUT2D eigenvalue weighted by molar-refractivity contribution is 5.78. The van der Waals surface area contributed by atoms with Crippen molar-refractivity contribution in [3.05, 3.63) is 0 Å². The van der Waals surface area contributed by atoms with E-state index in [9.17, 15) is 4.79 Å². The maximum Gasteiger partial charge on any atom is 0.224 e. The molecule has 1 amide bonds. The molecule has 1 aliphatic heterocycles. The van der Waals surface area contributed by atoms with Gasteiger partial charge in [-0.2, -0.15) is 0 Å². The summed E-state index contributed by atoms with van der Waals surface area (Å²) in [4.78, 5) is 11.4. The van der Waals surface area contributed by atoms with Crippen LogP contribution in [0, 0.1) is 11.8 Å². The number of nitrogens with two attached hydrogens (primary N) is 1. The van der Waals surface area contributed by atoms with Gasteiger partial charge in [0, 0.05) is 26.8 Å². The normalized spacial score (nSPS) is 20.4. The fourth-order valence-corrected chi connectivity index (χ4v) is 1.90. The molecule has 0 aromatic carbocycles. The Labute approximate surface area is 85.2 Å². The van der Waals surface area contributed by atoms with Crippen molar-refractivity contribution in [3.63, 3.8) is 0 Å². The van der Waals surface area contributed by atoms with Gasteiger partial charge in [0.25, 0.3) is 0 Å². The van der Waals surface area contributed by atoms with Crippen molar-refractivity contribution in [2.24, 2.45) is 17.6 Å². The van der Waals surface area contributed by atoms with Crippen LogP contribution in [-0.2, 0) is 9.53 Å². The lowest BCUT2D eigenvalue weighted by molar-refractivity contribution is -0.125. The molecule has 0 saturated carbocycles. The molecule has 82 valence electrons. The van der Waals surface area contributed by atoms with Crippen molar-refractivity contribution in [1.29, 1.82) is 0 Å². The highest BCUT2D eigenvalue weighted by Crippen LogP contribution is 2.22. The third kappa shape index (κ3) is 3.27. The minimum absolute atomic E-state index is 0.0249. The third-order valence-corrected chi connectivity index (χ3v) is 2.86. The monoisotopic (exact) mass is 200 g/mol. The number of amides is 1. The van der Waals surface area contributed by atoms with E-state index < -0.39 is 0 Å². The number of carbonyl (C=O) groups excluding carboxylic acids is 1. The summed E-state index contributed by atoms with van der Waals surface area (Å²) in [5, 5.41) is 2.66. The van der Waals surface area contributed by atoms with Crippen molar-refractivity contribution < 1.29 is 9.53 Å². The maximum absolute atomic E-state index is 11.4. The molecule has 0 aromatic rings. The number of ether oxygens (including phenoxy) is 1. The Bertz CT molecular complexity index is 179. The molecule has 0 radical (unpaired) electrons. The molecule has 3 N–H and O–H groups in total. The summed E-state index contributed by atoms with van der Waals surface area (Å²) in [7, 11) is 1.66. The van der Waals surface area contributed by atoms with Gasteiger partial charge in [0.1, 0.15) is 0 Å². The number of carbonyl (C=O) groups is 1.